The molecule has 0 saturated heterocycles. The molecule has 0 amide bonds. The number of rotatable bonds is 3. The first-order valence-electron chi connectivity index (χ1n) is 4.09. The molecule has 0 aromatic carbocycles. The highest BCUT2D eigenvalue weighted by Gasteiger charge is 2.05. The van der Waals surface area contributed by atoms with Crippen LogP contribution < -0.4 is 5.73 Å². The maximum absolute atomic E-state index is 5.60. The Labute approximate surface area is 90.1 Å². The standard InChI is InChI=1S/C8H10N4S2/c1-6-7(14-8(9)11-6)13-5-12-4-2-3-10-12/h2-4H,5H2,1H3,(H2,9,11). The lowest BCUT2D eigenvalue weighted by Crippen LogP contribution is -1.93. The van der Waals surface area contributed by atoms with Gasteiger partial charge in [-0.3, -0.25) is 4.68 Å². The second-order valence-electron chi connectivity index (χ2n) is 2.74. The summed E-state index contributed by atoms with van der Waals surface area (Å²) < 4.78 is 3.04. The van der Waals surface area contributed by atoms with Crippen LogP contribution in [0, 0.1) is 6.92 Å². The van der Waals surface area contributed by atoms with Crippen LogP contribution in [0.5, 0.6) is 0 Å². The molecule has 2 aromatic heterocycles. The SMILES string of the molecule is Cc1nc(N)sc1SCn1cccn1. The van der Waals surface area contributed by atoms with Gasteiger partial charge in [0.1, 0.15) is 0 Å². The van der Waals surface area contributed by atoms with Crippen molar-refractivity contribution in [1.29, 1.82) is 0 Å². The summed E-state index contributed by atoms with van der Waals surface area (Å²) in [5.74, 6) is 0.801. The molecule has 2 N–H and O–H groups in total. The van der Waals surface area contributed by atoms with E-state index in [1.54, 1.807) is 18.0 Å². The molecule has 0 atom stereocenters. The van der Waals surface area contributed by atoms with Crippen molar-refractivity contribution in [3.63, 3.8) is 0 Å². The van der Waals surface area contributed by atoms with E-state index >= 15 is 0 Å². The quantitative estimate of drug-likeness (QED) is 0.813. The monoisotopic (exact) mass is 226 g/mol. The average Bonchev–Trinajstić information content (AvgIpc) is 2.72. The molecule has 0 bridgehead atoms. The van der Waals surface area contributed by atoms with E-state index in [0.29, 0.717) is 5.13 Å². The highest BCUT2D eigenvalue weighted by molar-refractivity contribution is 8.00. The molecule has 0 aliphatic rings. The van der Waals surface area contributed by atoms with Gasteiger partial charge in [-0.1, -0.05) is 23.1 Å². The number of nitrogen functional groups attached to an aromatic ring is 1. The minimum atomic E-state index is 0.630. The van der Waals surface area contributed by atoms with Crippen molar-refractivity contribution in [2.45, 2.75) is 17.0 Å². The van der Waals surface area contributed by atoms with Gasteiger partial charge in [-0.2, -0.15) is 5.10 Å². The van der Waals surface area contributed by atoms with Crippen LogP contribution in [0.3, 0.4) is 0 Å². The molecule has 6 heteroatoms. The van der Waals surface area contributed by atoms with Crippen molar-refractivity contribution in [2.75, 3.05) is 5.73 Å². The van der Waals surface area contributed by atoms with E-state index in [0.717, 1.165) is 15.8 Å². The fourth-order valence-corrected chi connectivity index (χ4v) is 2.91. The number of aromatic nitrogens is 3. The fraction of sp³-hybridized carbons (Fsp3) is 0.250. The van der Waals surface area contributed by atoms with Gasteiger partial charge < -0.3 is 5.73 Å². The molecule has 0 aliphatic carbocycles. The van der Waals surface area contributed by atoms with Crippen LogP contribution in [0.2, 0.25) is 0 Å². The van der Waals surface area contributed by atoms with Gasteiger partial charge in [0.2, 0.25) is 0 Å². The Morgan fingerprint density at radius 2 is 2.50 bits per heavy atom. The number of nitrogens with zero attached hydrogens (tertiary/aromatic N) is 3. The third-order valence-electron chi connectivity index (χ3n) is 1.66. The Hall–Kier alpha value is -1.01. The molecular weight excluding hydrogens is 216 g/mol. The van der Waals surface area contributed by atoms with Crippen LogP contribution in [0.4, 0.5) is 5.13 Å². The second-order valence-corrected chi connectivity index (χ2v) is 4.99. The van der Waals surface area contributed by atoms with Crippen LogP contribution in [-0.4, -0.2) is 14.8 Å². The van der Waals surface area contributed by atoms with Gasteiger partial charge in [0, 0.05) is 12.4 Å². The number of anilines is 1. The van der Waals surface area contributed by atoms with Crippen LogP contribution in [-0.2, 0) is 5.88 Å². The molecule has 0 fully saturated rings. The van der Waals surface area contributed by atoms with Gasteiger partial charge in [-0.05, 0) is 13.0 Å². The summed E-state index contributed by atoms with van der Waals surface area (Å²) in [5.41, 5.74) is 6.60. The second kappa shape index (κ2) is 4.02. The fourth-order valence-electron chi connectivity index (χ4n) is 1.04. The molecule has 2 aromatic rings. The van der Waals surface area contributed by atoms with Crippen molar-refractivity contribution in [1.82, 2.24) is 14.8 Å². The maximum atomic E-state index is 5.60. The topological polar surface area (TPSA) is 56.7 Å². The van der Waals surface area contributed by atoms with Crippen molar-refractivity contribution >= 4 is 28.2 Å². The first kappa shape index (κ1) is 9.54. The molecule has 2 heterocycles. The third kappa shape index (κ3) is 2.08. The number of nitrogens with two attached hydrogens (primary N) is 1. The van der Waals surface area contributed by atoms with E-state index in [9.17, 15) is 0 Å². The third-order valence-corrected chi connectivity index (χ3v) is 3.99. The zero-order valence-electron chi connectivity index (χ0n) is 7.67. The average molecular weight is 226 g/mol. The molecule has 0 radical (unpaired) electrons. The zero-order chi connectivity index (χ0) is 9.97. The Morgan fingerprint density at radius 1 is 1.64 bits per heavy atom. The van der Waals surface area contributed by atoms with Crippen LogP contribution in [0.15, 0.2) is 22.7 Å². The van der Waals surface area contributed by atoms with E-state index in [4.69, 9.17) is 5.73 Å². The predicted molar refractivity (Wildman–Crippen MR) is 59.3 cm³/mol. The smallest absolute Gasteiger partial charge is 0.181 e. The van der Waals surface area contributed by atoms with E-state index in [2.05, 4.69) is 10.1 Å². The van der Waals surface area contributed by atoms with E-state index in [1.807, 2.05) is 23.9 Å². The lowest BCUT2D eigenvalue weighted by molar-refractivity contribution is 0.751. The maximum Gasteiger partial charge on any atom is 0.181 e. The van der Waals surface area contributed by atoms with Gasteiger partial charge >= 0.3 is 0 Å². The molecule has 0 spiro atoms. The van der Waals surface area contributed by atoms with E-state index in [1.165, 1.54) is 11.3 Å². The number of thioether (sulfide) groups is 1. The summed E-state index contributed by atoms with van der Waals surface area (Å²) in [4.78, 5) is 4.16. The number of thiazole rings is 1. The molecule has 0 aliphatic heterocycles. The first-order chi connectivity index (χ1) is 6.75. The Balaban J connectivity index is 2.01. The van der Waals surface area contributed by atoms with E-state index in [-0.39, 0.29) is 0 Å². The van der Waals surface area contributed by atoms with Gasteiger partial charge in [0.05, 0.1) is 15.8 Å². The molecule has 2 rings (SSSR count). The van der Waals surface area contributed by atoms with Gasteiger partial charge in [0.15, 0.2) is 5.13 Å². The zero-order valence-corrected chi connectivity index (χ0v) is 9.31. The van der Waals surface area contributed by atoms with Crippen LogP contribution >= 0.6 is 23.1 Å². The molecule has 4 nitrogen and oxygen atoms in total. The van der Waals surface area contributed by atoms with E-state index < -0.39 is 0 Å². The number of aryl methyl sites for hydroxylation is 1. The highest BCUT2D eigenvalue weighted by atomic mass is 32.2. The normalized spacial score (nSPS) is 10.6. The minimum absolute atomic E-state index is 0.630. The number of hydrogen-bond donors (Lipinski definition) is 1. The van der Waals surface area contributed by atoms with Gasteiger partial charge in [0.25, 0.3) is 0 Å². The summed E-state index contributed by atoms with van der Waals surface area (Å²) in [6, 6.07) is 1.91. The molecular formula is C8H10N4S2. The van der Waals surface area contributed by atoms with Crippen LogP contribution in [0.1, 0.15) is 5.69 Å². The summed E-state index contributed by atoms with van der Waals surface area (Å²) in [6.07, 6.45) is 3.71. The highest BCUT2D eigenvalue weighted by Crippen LogP contribution is 2.31. The van der Waals surface area contributed by atoms with Crippen molar-refractivity contribution < 1.29 is 0 Å². The number of hydrogen-bond acceptors (Lipinski definition) is 5. The lowest BCUT2D eigenvalue weighted by Gasteiger charge is -1.98. The van der Waals surface area contributed by atoms with Crippen molar-refractivity contribution in [3.8, 4) is 0 Å². The minimum Gasteiger partial charge on any atom is -0.375 e. The summed E-state index contributed by atoms with van der Waals surface area (Å²) in [7, 11) is 0. The summed E-state index contributed by atoms with van der Waals surface area (Å²) in [6.45, 7) is 1.97. The summed E-state index contributed by atoms with van der Waals surface area (Å²) >= 11 is 3.23. The Kier molecular flexibility index (Phi) is 2.74. The van der Waals surface area contributed by atoms with Crippen molar-refractivity contribution in [3.05, 3.63) is 24.2 Å². The summed E-state index contributed by atoms with van der Waals surface area (Å²) in [5, 5.41) is 4.75. The van der Waals surface area contributed by atoms with Gasteiger partial charge in [-0.15, -0.1) is 0 Å². The Morgan fingerprint density at radius 3 is 3.07 bits per heavy atom. The molecule has 14 heavy (non-hydrogen) atoms. The van der Waals surface area contributed by atoms with Gasteiger partial charge in [-0.25, -0.2) is 4.98 Å². The predicted octanol–water partition coefficient (Wildman–Crippen LogP) is 1.98. The largest absolute Gasteiger partial charge is 0.375 e. The van der Waals surface area contributed by atoms with Crippen LogP contribution in [0.25, 0.3) is 0 Å². The lowest BCUT2D eigenvalue weighted by atomic mass is 10.6. The Bertz CT molecular complexity index is 407. The van der Waals surface area contributed by atoms with Crippen molar-refractivity contribution in [2.24, 2.45) is 0 Å². The first-order valence-corrected chi connectivity index (χ1v) is 5.89. The molecule has 0 unspecified atom stereocenters. The molecule has 0 saturated carbocycles. The molecule has 74 valence electrons.